The minimum absolute atomic E-state index is 0.181. The Balaban J connectivity index is 1.61. The Bertz CT molecular complexity index is 588. The lowest BCUT2D eigenvalue weighted by Gasteiger charge is -2.16. The Morgan fingerprint density at radius 3 is 2.77 bits per heavy atom. The maximum absolute atomic E-state index is 11.9. The van der Waals surface area contributed by atoms with Gasteiger partial charge in [0, 0.05) is 20.2 Å². The monoisotopic (exact) mass is 320 g/mol. The predicted octanol–water partition coefficient (Wildman–Crippen LogP) is 2.92. The van der Waals surface area contributed by atoms with E-state index in [4.69, 9.17) is 4.74 Å². The standard InChI is InChI=1S/C15H20N4O2S/c1-12-17-18-14(22-12)16-15(20)19(2)9-6-10-21-11-13-7-4-3-5-8-13/h3-5,7-8H,6,9-11H2,1-2H3,(H,16,18,20). The van der Waals surface area contributed by atoms with E-state index >= 15 is 0 Å². The predicted molar refractivity (Wildman–Crippen MR) is 87.0 cm³/mol. The van der Waals surface area contributed by atoms with E-state index in [2.05, 4.69) is 15.5 Å². The third-order valence-electron chi connectivity index (χ3n) is 2.98. The first-order valence-corrected chi connectivity index (χ1v) is 7.90. The molecule has 6 nitrogen and oxygen atoms in total. The third-order valence-corrected chi connectivity index (χ3v) is 3.73. The molecular weight excluding hydrogens is 300 g/mol. The van der Waals surface area contributed by atoms with Crippen molar-refractivity contribution in [1.29, 1.82) is 0 Å². The lowest BCUT2D eigenvalue weighted by molar-refractivity contribution is 0.113. The number of ether oxygens (including phenoxy) is 1. The van der Waals surface area contributed by atoms with Crippen LogP contribution in [0.1, 0.15) is 17.0 Å². The largest absolute Gasteiger partial charge is 0.377 e. The van der Waals surface area contributed by atoms with Crippen LogP contribution in [-0.2, 0) is 11.3 Å². The van der Waals surface area contributed by atoms with Gasteiger partial charge in [-0.3, -0.25) is 5.32 Å². The smallest absolute Gasteiger partial charge is 0.323 e. The van der Waals surface area contributed by atoms with Crippen molar-refractivity contribution in [3.63, 3.8) is 0 Å². The molecular formula is C15H20N4O2S. The topological polar surface area (TPSA) is 67.4 Å². The fourth-order valence-electron chi connectivity index (χ4n) is 1.80. The zero-order chi connectivity index (χ0) is 15.8. The van der Waals surface area contributed by atoms with Crippen LogP contribution in [0.15, 0.2) is 30.3 Å². The fourth-order valence-corrected chi connectivity index (χ4v) is 2.39. The molecule has 0 aliphatic carbocycles. The zero-order valence-electron chi connectivity index (χ0n) is 12.8. The van der Waals surface area contributed by atoms with E-state index in [0.717, 1.165) is 17.0 Å². The van der Waals surface area contributed by atoms with Crippen molar-refractivity contribution in [2.45, 2.75) is 20.0 Å². The highest BCUT2D eigenvalue weighted by Crippen LogP contribution is 2.13. The van der Waals surface area contributed by atoms with Gasteiger partial charge in [0.15, 0.2) is 0 Å². The summed E-state index contributed by atoms with van der Waals surface area (Å²) < 4.78 is 5.59. The summed E-state index contributed by atoms with van der Waals surface area (Å²) in [7, 11) is 1.75. The van der Waals surface area contributed by atoms with Gasteiger partial charge in [-0.05, 0) is 18.9 Å². The number of aromatic nitrogens is 2. The van der Waals surface area contributed by atoms with Crippen LogP contribution in [0.5, 0.6) is 0 Å². The number of benzene rings is 1. The van der Waals surface area contributed by atoms with Crippen LogP contribution in [-0.4, -0.2) is 41.3 Å². The number of aryl methyl sites for hydroxylation is 1. The number of hydrogen-bond donors (Lipinski definition) is 1. The molecule has 0 saturated carbocycles. The molecule has 0 aliphatic heterocycles. The summed E-state index contributed by atoms with van der Waals surface area (Å²) in [6.07, 6.45) is 0.784. The summed E-state index contributed by atoms with van der Waals surface area (Å²) >= 11 is 1.36. The van der Waals surface area contributed by atoms with Gasteiger partial charge in [-0.15, -0.1) is 10.2 Å². The Kier molecular flexibility index (Phi) is 6.29. The molecule has 7 heteroatoms. The average molecular weight is 320 g/mol. The van der Waals surface area contributed by atoms with Crippen LogP contribution in [0.3, 0.4) is 0 Å². The molecule has 0 radical (unpaired) electrons. The highest BCUT2D eigenvalue weighted by atomic mass is 32.1. The van der Waals surface area contributed by atoms with Gasteiger partial charge < -0.3 is 9.64 Å². The molecule has 0 bridgehead atoms. The zero-order valence-corrected chi connectivity index (χ0v) is 13.6. The number of amides is 2. The van der Waals surface area contributed by atoms with Gasteiger partial charge in [0.05, 0.1) is 6.61 Å². The summed E-state index contributed by atoms with van der Waals surface area (Å²) in [6, 6.07) is 9.85. The number of anilines is 1. The van der Waals surface area contributed by atoms with Crippen molar-refractivity contribution in [3.8, 4) is 0 Å². The molecule has 0 saturated heterocycles. The Labute approximate surface area is 134 Å². The highest BCUT2D eigenvalue weighted by Gasteiger charge is 2.10. The lowest BCUT2D eigenvalue weighted by atomic mass is 10.2. The van der Waals surface area contributed by atoms with E-state index in [1.807, 2.05) is 37.3 Å². The van der Waals surface area contributed by atoms with E-state index in [1.165, 1.54) is 11.3 Å². The summed E-state index contributed by atoms with van der Waals surface area (Å²) in [5.41, 5.74) is 1.15. The normalized spacial score (nSPS) is 10.5. The van der Waals surface area contributed by atoms with Crippen LogP contribution in [0, 0.1) is 6.92 Å². The molecule has 1 N–H and O–H groups in total. The van der Waals surface area contributed by atoms with Crippen molar-refractivity contribution >= 4 is 22.5 Å². The van der Waals surface area contributed by atoms with Crippen LogP contribution in [0.25, 0.3) is 0 Å². The van der Waals surface area contributed by atoms with Crippen molar-refractivity contribution in [2.24, 2.45) is 0 Å². The molecule has 2 rings (SSSR count). The first-order valence-electron chi connectivity index (χ1n) is 7.09. The SMILES string of the molecule is Cc1nnc(NC(=O)N(C)CCCOCc2ccccc2)s1. The van der Waals surface area contributed by atoms with E-state index in [1.54, 1.807) is 11.9 Å². The first-order chi connectivity index (χ1) is 10.6. The van der Waals surface area contributed by atoms with Gasteiger partial charge in [-0.1, -0.05) is 41.7 Å². The summed E-state index contributed by atoms with van der Waals surface area (Å²) in [5.74, 6) is 0. The molecule has 118 valence electrons. The van der Waals surface area contributed by atoms with E-state index < -0.39 is 0 Å². The average Bonchev–Trinajstić information content (AvgIpc) is 2.92. The minimum Gasteiger partial charge on any atom is -0.377 e. The quantitative estimate of drug-likeness (QED) is 0.797. The molecule has 2 amide bonds. The van der Waals surface area contributed by atoms with Crippen molar-refractivity contribution in [3.05, 3.63) is 40.9 Å². The molecule has 1 aromatic heterocycles. The number of nitrogens with zero attached hydrogens (tertiary/aromatic N) is 3. The molecule has 1 heterocycles. The molecule has 2 aromatic rings. The Morgan fingerprint density at radius 1 is 1.32 bits per heavy atom. The molecule has 0 unspecified atom stereocenters. The Morgan fingerprint density at radius 2 is 2.09 bits per heavy atom. The van der Waals surface area contributed by atoms with E-state index in [9.17, 15) is 4.79 Å². The van der Waals surface area contributed by atoms with E-state index in [-0.39, 0.29) is 6.03 Å². The number of nitrogens with one attached hydrogen (secondary N) is 1. The number of carbonyl (C=O) groups excluding carboxylic acids is 1. The number of carbonyl (C=O) groups is 1. The minimum atomic E-state index is -0.181. The second-order valence-electron chi connectivity index (χ2n) is 4.87. The van der Waals surface area contributed by atoms with Crippen LogP contribution in [0.4, 0.5) is 9.93 Å². The molecule has 0 fully saturated rings. The maximum Gasteiger partial charge on any atom is 0.323 e. The highest BCUT2D eigenvalue weighted by molar-refractivity contribution is 7.15. The lowest BCUT2D eigenvalue weighted by Crippen LogP contribution is -2.32. The van der Waals surface area contributed by atoms with Gasteiger partial charge in [0.1, 0.15) is 5.01 Å². The number of rotatable bonds is 7. The molecule has 0 aliphatic rings. The first kappa shape index (κ1) is 16.4. The van der Waals surface area contributed by atoms with Crippen LogP contribution >= 0.6 is 11.3 Å². The molecule has 1 aromatic carbocycles. The van der Waals surface area contributed by atoms with Gasteiger partial charge in [0.2, 0.25) is 5.13 Å². The van der Waals surface area contributed by atoms with Crippen molar-refractivity contribution < 1.29 is 9.53 Å². The second-order valence-corrected chi connectivity index (χ2v) is 6.05. The Hall–Kier alpha value is -1.99. The van der Waals surface area contributed by atoms with Crippen LogP contribution in [0.2, 0.25) is 0 Å². The van der Waals surface area contributed by atoms with E-state index in [0.29, 0.717) is 24.9 Å². The number of hydrogen-bond acceptors (Lipinski definition) is 5. The van der Waals surface area contributed by atoms with Gasteiger partial charge in [-0.25, -0.2) is 4.79 Å². The maximum atomic E-state index is 11.9. The molecule has 0 spiro atoms. The molecule has 22 heavy (non-hydrogen) atoms. The summed E-state index contributed by atoms with van der Waals surface area (Å²) in [5, 5.41) is 11.8. The molecule has 0 atom stereocenters. The van der Waals surface area contributed by atoms with Crippen molar-refractivity contribution in [1.82, 2.24) is 15.1 Å². The van der Waals surface area contributed by atoms with Crippen molar-refractivity contribution in [2.75, 3.05) is 25.5 Å². The van der Waals surface area contributed by atoms with Gasteiger partial charge in [0.25, 0.3) is 0 Å². The second kappa shape index (κ2) is 8.45. The van der Waals surface area contributed by atoms with Gasteiger partial charge in [-0.2, -0.15) is 0 Å². The summed E-state index contributed by atoms with van der Waals surface area (Å²) in [6.45, 7) is 3.69. The van der Waals surface area contributed by atoms with Crippen LogP contribution < -0.4 is 5.32 Å². The number of urea groups is 1. The fraction of sp³-hybridized carbons (Fsp3) is 0.400. The summed E-state index contributed by atoms with van der Waals surface area (Å²) in [4.78, 5) is 13.5. The third kappa shape index (κ3) is 5.42. The van der Waals surface area contributed by atoms with Gasteiger partial charge >= 0.3 is 6.03 Å².